The highest BCUT2D eigenvalue weighted by Gasteiger charge is 2.13. The summed E-state index contributed by atoms with van der Waals surface area (Å²) in [6.45, 7) is 4.60. The zero-order valence-corrected chi connectivity index (χ0v) is 17.6. The molecule has 0 aliphatic carbocycles. The Balaban J connectivity index is 1.66. The molecule has 0 spiro atoms. The number of benzene rings is 2. The van der Waals surface area contributed by atoms with Crippen LogP contribution in [0.3, 0.4) is 0 Å². The second-order valence-corrected chi connectivity index (χ2v) is 7.99. The van der Waals surface area contributed by atoms with E-state index in [0.29, 0.717) is 24.3 Å². The third-order valence-corrected chi connectivity index (χ3v) is 5.01. The van der Waals surface area contributed by atoms with Crippen LogP contribution in [0.1, 0.15) is 36.3 Å². The number of fused-ring (bicyclic) bond motifs is 1. The number of carbonyl (C=O) groups is 2. The zero-order valence-electron chi connectivity index (χ0n) is 17.6. The maximum absolute atomic E-state index is 12.1. The van der Waals surface area contributed by atoms with Crippen molar-refractivity contribution in [2.75, 3.05) is 5.32 Å². The standard InChI is InChI=1S/C25H24N4O2/c1-17(2)10-25(31)27-21-11-20(13-26-14-21)19-8-9-24-22(12-19)23(16-30)28-29(24)15-18-6-4-3-5-7-18/h3-9,11-14,16-17H,10,15H2,1-2H3,(H,27,31). The highest BCUT2D eigenvalue weighted by molar-refractivity contribution is 5.97. The second kappa shape index (κ2) is 8.92. The summed E-state index contributed by atoms with van der Waals surface area (Å²) in [5.41, 5.74) is 4.83. The minimum Gasteiger partial charge on any atom is -0.325 e. The van der Waals surface area contributed by atoms with E-state index in [1.165, 1.54) is 0 Å². The Morgan fingerprint density at radius 1 is 1.06 bits per heavy atom. The molecule has 0 atom stereocenters. The first kappa shape index (κ1) is 20.5. The largest absolute Gasteiger partial charge is 0.325 e. The first-order chi connectivity index (χ1) is 15.0. The van der Waals surface area contributed by atoms with Crippen LogP contribution in [0.4, 0.5) is 5.69 Å². The van der Waals surface area contributed by atoms with E-state index in [9.17, 15) is 9.59 Å². The molecule has 0 radical (unpaired) electrons. The molecule has 2 heterocycles. The monoisotopic (exact) mass is 412 g/mol. The van der Waals surface area contributed by atoms with Crippen LogP contribution < -0.4 is 5.32 Å². The van der Waals surface area contributed by atoms with Crippen LogP contribution in [-0.2, 0) is 11.3 Å². The van der Waals surface area contributed by atoms with Crippen molar-refractivity contribution in [1.29, 1.82) is 0 Å². The first-order valence-corrected chi connectivity index (χ1v) is 10.3. The molecule has 1 N–H and O–H groups in total. The summed E-state index contributed by atoms with van der Waals surface area (Å²) in [6.07, 6.45) is 4.62. The fourth-order valence-corrected chi connectivity index (χ4v) is 3.60. The molecular weight excluding hydrogens is 388 g/mol. The molecule has 6 nitrogen and oxygen atoms in total. The molecule has 156 valence electrons. The Labute approximate surface area is 180 Å². The van der Waals surface area contributed by atoms with Gasteiger partial charge in [0.15, 0.2) is 6.29 Å². The van der Waals surface area contributed by atoms with E-state index in [2.05, 4.69) is 15.4 Å². The number of hydrogen-bond acceptors (Lipinski definition) is 4. The second-order valence-electron chi connectivity index (χ2n) is 7.99. The molecule has 4 rings (SSSR count). The van der Waals surface area contributed by atoms with Crippen molar-refractivity contribution in [3.63, 3.8) is 0 Å². The molecule has 0 fully saturated rings. The third-order valence-electron chi connectivity index (χ3n) is 5.01. The normalized spacial score (nSPS) is 11.1. The van der Waals surface area contributed by atoms with Gasteiger partial charge in [0.05, 0.1) is 23.9 Å². The van der Waals surface area contributed by atoms with Gasteiger partial charge in [-0.3, -0.25) is 19.3 Å². The Morgan fingerprint density at radius 3 is 2.61 bits per heavy atom. The van der Waals surface area contributed by atoms with Crippen LogP contribution in [0.2, 0.25) is 0 Å². The summed E-state index contributed by atoms with van der Waals surface area (Å²) in [7, 11) is 0. The molecule has 4 aromatic rings. The van der Waals surface area contributed by atoms with Gasteiger partial charge in [0.2, 0.25) is 5.91 Å². The van der Waals surface area contributed by atoms with Gasteiger partial charge < -0.3 is 5.32 Å². The molecule has 0 saturated heterocycles. The Morgan fingerprint density at radius 2 is 1.87 bits per heavy atom. The van der Waals surface area contributed by atoms with E-state index < -0.39 is 0 Å². The van der Waals surface area contributed by atoms with Gasteiger partial charge in [-0.2, -0.15) is 5.10 Å². The molecule has 6 heteroatoms. The maximum Gasteiger partial charge on any atom is 0.224 e. The van der Waals surface area contributed by atoms with Gasteiger partial charge in [-0.1, -0.05) is 50.2 Å². The number of aromatic nitrogens is 3. The smallest absolute Gasteiger partial charge is 0.224 e. The number of nitrogens with one attached hydrogen (secondary N) is 1. The highest BCUT2D eigenvalue weighted by atomic mass is 16.1. The Kier molecular flexibility index (Phi) is 5.89. The summed E-state index contributed by atoms with van der Waals surface area (Å²) in [4.78, 5) is 28.0. The summed E-state index contributed by atoms with van der Waals surface area (Å²) in [6, 6.07) is 17.8. The lowest BCUT2D eigenvalue weighted by atomic mass is 10.0. The van der Waals surface area contributed by atoms with E-state index >= 15 is 0 Å². The summed E-state index contributed by atoms with van der Waals surface area (Å²) >= 11 is 0. The minimum atomic E-state index is -0.0326. The maximum atomic E-state index is 12.1. The van der Waals surface area contributed by atoms with Gasteiger partial charge in [0.1, 0.15) is 5.69 Å². The molecule has 0 unspecified atom stereocenters. The van der Waals surface area contributed by atoms with Crippen molar-refractivity contribution in [2.45, 2.75) is 26.8 Å². The predicted octanol–water partition coefficient (Wildman–Crippen LogP) is 4.94. The highest BCUT2D eigenvalue weighted by Crippen LogP contribution is 2.28. The number of amides is 1. The average molecular weight is 412 g/mol. The summed E-state index contributed by atoms with van der Waals surface area (Å²) < 4.78 is 1.85. The zero-order chi connectivity index (χ0) is 21.8. The van der Waals surface area contributed by atoms with Crippen molar-refractivity contribution < 1.29 is 9.59 Å². The number of pyridine rings is 1. The van der Waals surface area contributed by atoms with Crippen molar-refractivity contribution in [1.82, 2.24) is 14.8 Å². The summed E-state index contributed by atoms with van der Waals surface area (Å²) in [5.74, 6) is 0.252. The SMILES string of the molecule is CC(C)CC(=O)Nc1cncc(-c2ccc3c(c2)c(C=O)nn3Cc2ccccc2)c1. The van der Waals surface area contributed by atoms with Crippen LogP contribution in [0.25, 0.3) is 22.0 Å². The van der Waals surface area contributed by atoms with Crippen LogP contribution in [0.5, 0.6) is 0 Å². The van der Waals surface area contributed by atoms with E-state index in [0.717, 1.165) is 33.9 Å². The Hall–Kier alpha value is -3.80. The topological polar surface area (TPSA) is 76.9 Å². The van der Waals surface area contributed by atoms with Crippen LogP contribution in [0, 0.1) is 5.92 Å². The lowest BCUT2D eigenvalue weighted by Gasteiger charge is -2.09. The fraction of sp³-hybridized carbons (Fsp3) is 0.200. The van der Waals surface area contributed by atoms with Crippen LogP contribution in [0.15, 0.2) is 67.0 Å². The third kappa shape index (κ3) is 4.69. The fourth-order valence-electron chi connectivity index (χ4n) is 3.60. The van der Waals surface area contributed by atoms with Gasteiger partial charge >= 0.3 is 0 Å². The number of aldehydes is 1. The number of carbonyl (C=O) groups excluding carboxylic acids is 2. The van der Waals surface area contributed by atoms with Crippen LogP contribution >= 0.6 is 0 Å². The molecule has 31 heavy (non-hydrogen) atoms. The number of rotatable bonds is 7. The molecule has 2 aromatic carbocycles. The molecule has 0 aliphatic heterocycles. The summed E-state index contributed by atoms with van der Waals surface area (Å²) in [5, 5.41) is 8.19. The average Bonchev–Trinajstić information content (AvgIpc) is 3.11. The van der Waals surface area contributed by atoms with E-state index in [4.69, 9.17) is 0 Å². The lowest BCUT2D eigenvalue weighted by Crippen LogP contribution is -2.13. The number of anilines is 1. The van der Waals surface area contributed by atoms with Crippen molar-refractivity contribution in [2.24, 2.45) is 5.92 Å². The van der Waals surface area contributed by atoms with Crippen LogP contribution in [-0.4, -0.2) is 27.0 Å². The first-order valence-electron chi connectivity index (χ1n) is 10.3. The van der Waals surface area contributed by atoms with E-state index in [-0.39, 0.29) is 11.8 Å². The van der Waals surface area contributed by atoms with Gasteiger partial charge in [0.25, 0.3) is 0 Å². The predicted molar refractivity (Wildman–Crippen MR) is 122 cm³/mol. The van der Waals surface area contributed by atoms with Crippen molar-refractivity contribution >= 4 is 28.8 Å². The van der Waals surface area contributed by atoms with Crippen molar-refractivity contribution in [3.05, 3.63) is 78.2 Å². The molecule has 2 aromatic heterocycles. The van der Waals surface area contributed by atoms with E-state index in [1.54, 1.807) is 12.4 Å². The number of nitrogens with zero attached hydrogens (tertiary/aromatic N) is 3. The molecule has 0 bridgehead atoms. The lowest BCUT2D eigenvalue weighted by molar-refractivity contribution is -0.116. The van der Waals surface area contributed by atoms with Crippen molar-refractivity contribution in [3.8, 4) is 11.1 Å². The van der Waals surface area contributed by atoms with Gasteiger partial charge in [0, 0.05) is 23.6 Å². The molecular formula is C25H24N4O2. The number of hydrogen-bond donors (Lipinski definition) is 1. The molecule has 0 saturated carbocycles. The molecule has 1 amide bonds. The van der Waals surface area contributed by atoms with Gasteiger partial charge in [-0.05, 0) is 35.2 Å². The minimum absolute atomic E-state index is 0.0326. The molecule has 0 aliphatic rings. The quantitative estimate of drug-likeness (QED) is 0.436. The van der Waals surface area contributed by atoms with Gasteiger partial charge in [-0.15, -0.1) is 0 Å². The van der Waals surface area contributed by atoms with E-state index in [1.807, 2.05) is 73.1 Å². The Bertz CT molecular complexity index is 1230. The van der Waals surface area contributed by atoms with Gasteiger partial charge in [-0.25, -0.2) is 0 Å².